The standard InChI is InChI=1S/C8H10Cl6N2O2/c1-6(2,16-5(18)8(12,13)14)3-15-4(17)7(9,10)11/h3H2,1-2H3,(H,15,17)(H,16,18). The first-order valence-electron chi connectivity index (χ1n) is 4.50. The number of hydrogen-bond donors (Lipinski definition) is 2. The lowest BCUT2D eigenvalue weighted by atomic mass is 10.1. The van der Waals surface area contributed by atoms with Gasteiger partial charge in [-0.25, -0.2) is 0 Å². The molecule has 0 aliphatic rings. The molecule has 0 rings (SSSR count). The fourth-order valence-electron chi connectivity index (χ4n) is 0.824. The highest BCUT2D eigenvalue weighted by Gasteiger charge is 2.36. The molecule has 4 nitrogen and oxygen atoms in total. The molecule has 0 saturated heterocycles. The summed E-state index contributed by atoms with van der Waals surface area (Å²) in [4.78, 5) is 22.7. The maximum Gasteiger partial charge on any atom is 0.272 e. The van der Waals surface area contributed by atoms with Gasteiger partial charge in [0.25, 0.3) is 19.4 Å². The summed E-state index contributed by atoms with van der Waals surface area (Å²) in [5, 5.41) is 4.77. The van der Waals surface area contributed by atoms with E-state index < -0.39 is 24.9 Å². The molecule has 0 saturated carbocycles. The van der Waals surface area contributed by atoms with E-state index in [-0.39, 0.29) is 6.54 Å². The normalized spacial score (nSPS) is 13.1. The fraction of sp³-hybridized carbons (Fsp3) is 0.750. The summed E-state index contributed by atoms with van der Waals surface area (Å²) < 4.78 is -4.16. The molecule has 0 heterocycles. The maximum absolute atomic E-state index is 11.4. The van der Waals surface area contributed by atoms with Gasteiger partial charge in [0, 0.05) is 6.54 Å². The lowest BCUT2D eigenvalue weighted by molar-refractivity contribution is -0.123. The smallest absolute Gasteiger partial charge is 0.272 e. The predicted molar refractivity (Wildman–Crippen MR) is 75.8 cm³/mol. The second-order valence-corrected chi connectivity index (χ2v) is 8.58. The van der Waals surface area contributed by atoms with Crippen molar-refractivity contribution in [2.45, 2.75) is 27.0 Å². The minimum atomic E-state index is -2.09. The van der Waals surface area contributed by atoms with Gasteiger partial charge in [0.05, 0.1) is 5.54 Å². The molecule has 2 N–H and O–H groups in total. The van der Waals surface area contributed by atoms with Crippen LogP contribution in [0.25, 0.3) is 0 Å². The molecule has 18 heavy (non-hydrogen) atoms. The quantitative estimate of drug-likeness (QED) is 0.742. The van der Waals surface area contributed by atoms with Crippen molar-refractivity contribution in [3.05, 3.63) is 0 Å². The summed E-state index contributed by atoms with van der Waals surface area (Å²) in [7, 11) is 0. The summed E-state index contributed by atoms with van der Waals surface area (Å²) in [5.74, 6) is -1.63. The van der Waals surface area contributed by atoms with Crippen LogP contribution >= 0.6 is 69.6 Å². The minimum Gasteiger partial charge on any atom is -0.350 e. The fourth-order valence-corrected chi connectivity index (χ4v) is 1.17. The second-order valence-electron chi connectivity index (χ2n) is 4.02. The molecule has 0 aliphatic carbocycles. The zero-order valence-electron chi connectivity index (χ0n) is 9.29. The molecule has 0 aliphatic heterocycles. The Balaban J connectivity index is 4.42. The van der Waals surface area contributed by atoms with Crippen LogP contribution in [0.15, 0.2) is 0 Å². The number of alkyl halides is 6. The predicted octanol–water partition coefficient (Wildman–Crippen LogP) is 2.74. The summed E-state index contributed by atoms with van der Waals surface area (Å²) in [5.41, 5.74) is -0.882. The molecule has 0 atom stereocenters. The van der Waals surface area contributed by atoms with Crippen molar-refractivity contribution >= 4 is 81.4 Å². The van der Waals surface area contributed by atoms with Gasteiger partial charge in [-0.15, -0.1) is 0 Å². The van der Waals surface area contributed by atoms with E-state index in [1.807, 2.05) is 0 Å². The van der Waals surface area contributed by atoms with E-state index in [2.05, 4.69) is 10.6 Å². The first-order valence-corrected chi connectivity index (χ1v) is 6.77. The summed E-state index contributed by atoms with van der Waals surface area (Å²) >= 11 is 32.3. The summed E-state index contributed by atoms with van der Waals surface area (Å²) in [6.07, 6.45) is 0. The van der Waals surface area contributed by atoms with Crippen molar-refractivity contribution in [2.24, 2.45) is 0 Å². The highest BCUT2D eigenvalue weighted by atomic mass is 35.6. The number of hydrogen-bond acceptors (Lipinski definition) is 2. The molecule has 106 valence electrons. The summed E-state index contributed by atoms with van der Waals surface area (Å²) in [6, 6.07) is 0. The number of rotatable bonds is 3. The van der Waals surface area contributed by atoms with Gasteiger partial charge in [0.1, 0.15) is 0 Å². The van der Waals surface area contributed by atoms with Crippen LogP contribution in [0.3, 0.4) is 0 Å². The average Bonchev–Trinajstić information content (AvgIpc) is 2.10. The Hall–Kier alpha value is 0.680. The molecule has 0 aromatic heterocycles. The van der Waals surface area contributed by atoms with Crippen LogP contribution in [0.1, 0.15) is 13.8 Å². The Morgan fingerprint density at radius 1 is 0.889 bits per heavy atom. The topological polar surface area (TPSA) is 58.2 Å². The van der Waals surface area contributed by atoms with Crippen molar-refractivity contribution in [3.8, 4) is 0 Å². The Morgan fingerprint density at radius 2 is 1.28 bits per heavy atom. The SMILES string of the molecule is CC(C)(CNC(=O)C(Cl)(Cl)Cl)NC(=O)C(Cl)(Cl)Cl. The molecular weight excluding hydrogens is 369 g/mol. The van der Waals surface area contributed by atoms with Crippen molar-refractivity contribution in [3.63, 3.8) is 0 Å². The van der Waals surface area contributed by atoms with Crippen LogP contribution in [-0.2, 0) is 9.59 Å². The zero-order valence-corrected chi connectivity index (χ0v) is 13.8. The lowest BCUT2D eigenvalue weighted by Crippen LogP contribution is -2.55. The number of amides is 2. The molecule has 0 fully saturated rings. The third-order valence-electron chi connectivity index (χ3n) is 1.66. The Morgan fingerprint density at radius 3 is 1.61 bits per heavy atom. The van der Waals surface area contributed by atoms with Crippen LogP contribution in [0.4, 0.5) is 0 Å². The molecular formula is C8H10Cl6N2O2. The summed E-state index contributed by atoms with van der Waals surface area (Å²) in [6.45, 7) is 3.19. The molecule has 0 radical (unpaired) electrons. The second kappa shape index (κ2) is 6.42. The van der Waals surface area contributed by atoms with E-state index in [1.165, 1.54) is 0 Å². The van der Waals surface area contributed by atoms with Gasteiger partial charge in [0.2, 0.25) is 0 Å². The van der Waals surface area contributed by atoms with Gasteiger partial charge in [0.15, 0.2) is 0 Å². The molecule has 2 amide bonds. The van der Waals surface area contributed by atoms with E-state index in [4.69, 9.17) is 69.6 Å². The van der Waals surface area contributed by atoms with Crippen molar-refractivity contribution < 1.29 is 9.59 Å². The number of carbonyl (C=O) groups excluding carboxylic acids is 2. The number of nitrogens with one attached hydrogen (secondary N) is 2. The molecule has 0 unspecified atom stereocenters. The van der Waals surface area contributed by atoms with Crippen LogP contribution in [-0.4, -0.2) is 31.5 Å². The molecule has 0 aromatic carbocycles. The van der Waals surface area contributed by atoms with E-state index >= 15 is 0 Å². The Bertz CT molecular complexity index is 333. The minimum absolute atomic E-state index is 0.00771. The maximum atomic E-state index is 11.4. The van der Waals surface area contributed by atoms with Crippen LogP contribution in [0.5, 0.6) is 0 Å². The molecule has 0 aromatic rings. The lowest BCUT2D eigenvalue weighted by Gasteiger charge is -2.28. The zero-order chi connectivity index (χ0) is 14.8. The Kier molecular flexibility index (Phi) is 6.66. The van der Waals surface area contributed by atoms with Crippen molar-refractivity contribution in [1.29, 1.82) is 0 Å². The van der Waals surface area contributed by atoms with Gasteiger partial charge >= 0.3 is 0 Å². The van der Waals surface area contributed by atoms with E-state index in [0.29, 0.717) is 0 Å². The first kappa shape index (κ1) is 18.7. The highest BCUT2D eigenvalue weighted by molar-refractivity contribution is 6.76. The van der Waals surface area contributed by atoms with Crippen LogP contribution in [0, 0.1) is 0 Å². The van der Waals surface area contributed by atoms with E-state index in [0.717, 1.165) is 0 Å². The van der Waals surface area contributed by atoms with E-state index in [9.17, 15) is 9.59 Å². The van der Waals surface area contributed by atoms with Gasteiger partial charge < -0.3 is 10.6 Å². The largest absolute Gasteiger partial charge is 0.350 e. The van der Waals surface area contributed by atoms with Gasteiger partial charge in [-0.1, -0.05) is 69.6 Å². The van der Waals surface area contributed by atoms with Gasteiger partial charge in [-0.3, -0.25) is 9.59 Å². The van der Waals surface area contributed by atoms with Crippen LogP contribution < -0.4 is 10.6 Å². The third-order valence-corrected chi connectivity index (χ3v) is 2.69. The van der Waals surface area contributed by atoms with Gasteiger partial charge in [-0.05, 0) is 13.8 Å². The van der Waals surface area contributed by atoms with E-state index in [1.54, 1.807) is 13.8 Å². The molecule has 0 spiro atoms. The number of halogens is 6. The first-order chi connectivity index (χ1) is 7.76. The molecule has 10 heteroatoms. The molecule has 0 bridgehead atoms. The highest BCUT2D eigenvalue weighted by Crippen LogP contribution is 2.27. The van der Waals surface area contributed by atoms with Crippen molar-refractivity contribution in [2.75, 3.05) is 6.54 Å². The monoisotopic (exact) mass is 376 g/mol. The van der Waals surface area contributed by atoms with Gasteiger partial charge in [-0.2, -0.15) is 0 Å². The number of carbonyl (C=O) groups is 2. The third kappa shape index (κ3) is 7.31. The van der Waals surface area contributed by atoms with Crippen molar-refractivity contribution in [1.82, 2.24) is 10.6 Å². The average molecular weight is 379 g/mol. The van der Waals surface area contributed by atoms with Crippen LogP contribution in [0.2, 0.25) is 0 Å². The Labute approximate surface area is 135 Å².